The van der Waals surface area contributed by atoms with Crippen molar-refractivity contribution >= 4 is 57.5 Å². The van der Waals surface area contributed by atoms with Crippen LogP contribution in [0.25, 0.3) is 6.08 Å². The molecule has 1 atom stereocenters. The minimum atomic E-state index is -0.958. The molecule has 0 aliphatic carbocycles. The third-order valence-corrected chi connectivity index (χ3v) is 5.94. The first kappa shape index (κ1) is 22.4. The lowest BCUT2D eigenvalue weighted by atomic mass is 10.2. The summed E-state index contributed by atoms with van der Waals surface area (Å²) in [7, 11) is 0. The van der Waals surface area contributed by atoms with Crippen LogP contribution in [0.5, 0.6) is 5.75 Å². The number of halogens is 1. The van der Waals surface area contributed by atoms with Gasteiger partial charge in [-0.15, -0.1) is 0 Å². The SMILES string of the molecule is CCOC(=O)[C@H](C)N1C(=O)S/C(=C/c2ccc(OCc3ccc(I)cc3)cc2)C1=O. The molecule has 3 rings (SSSR count). The molecule has 30 heavy (non-hydrogen) atoms. The standard InChI is InChI=1S/C22H20INO5S/c1-3-28-21(26)14(2)24-20(25)19(30-22(24)27)12-15-6-10-18(11-7-15)29-13-16-4-8-17(23)9-5-16/h4-12,14H,3,13H2,1-2H3/b19-12+/t14-/m0/s1. The Kier molecular flexibility index (Phi) is 7.54. The van der Waals surface area contributed by atoms with Crippen LogP contribution in [0.15, 0.2) is 53.4 Å². The molecule has 1 aliphatic heterocycles. The maximum absolute atomic E-state index is 12.6. The van der Waals surface area contributed by atoms with Gasteiger partial charge in [0.25, 0.3) is 11.1 Å². The fourth-order valence-corrected chi connectivity index (χ4v) is 4.01. The Balaban J connectivity index is 1.65. The molecular weight excluding hydrogens is 517 g/mol. The van der Waals surface area contributed by atoms with Crippen LogP contribution >= 0.6 is 34.4 Å². The van der Waals surface area contributed by atoms with Gasteiger partial charge in [-0.05, 0) is 89.7 Å². The highest BCUT2D eigenvalue weighted by Crippen LogP contribution is 2.34. The third-order valence-electron chi connectivity index (χ3n) is 4.34. The molecule has 0 aromatic heterocycles. The number of benzene rings is 2. The van der Waals surface area contributed by atoms with Crippen molar-refractivity contribution < 1.29 is 23.9 Å². The summed E-state index contributed by atoms with van der Waals surface area (Å²) in [5.41, 5.74) is 1.83. The summed E-state index contributed by atoms with van der Waals surface area (Å²) in [5, 5.41) is -0.482. The van der Waals surface area contributed by atoms with Crippen LogP contribution in [0.2, 0.25) is 0 Å². The van der Waals surface area contributed by atoms with Crippen LogP contribution in [0.1, 0.15) is 25.0 Å². The number of hydrogen-bond donors (Lipinski definition) is 0. The minimum Gasteiger partial charge on any atom is -0.489 e. The molecule has 156 valence electrons. The van der Waals surface area contributed by atoms with E-state index in [1.807, 2.05) is 48.5 Å². The first-order valence-electron chi connectivity index (χ1n) is 9.30. The van der Waals surface area contributed by atoms with Crippen molar-refractivity contribution in [2.24, 2.45) is 0 Å². The van der Waals surface area contributed by atoms with Gasteiger partial charge in [-0.1, -0.05) is 24.3 Å². The predicted molar refractivity (Wildman–Crippen MR) is 124 cm³/mol. The fourth-order valence-electron chi connectivity index (χ4n) is 2.74. The second-order valence-corrected chi connectivity index (χ2v) is 8.70. The normalized spacial score (nSPS) is 16.1. The molecule has 6 nitrogen and oxygen atoms in total. The Morgan fingerprint density at radius 1 is 1.13 bits per heavy atom. The Bertz CT molecular complexity index is 972. The molecule has 8 heteroatoms. The number of rotatable bonds is 7. The molecule has 1 aliphatic rings. The summed E-state index contributed by atoms with van der Waals surface area (Å²) >= 11 is 3.07. The van der Waals surface area contributed by atoms with E-state index in [4.69, 9.17) is 9.47 Å². The van der Waals surface area contributed by atoms with E-state index in [0.717, 1.165) is 27.8 Å². The largest absolute Gasteiger partial charge is 0.489 e. The zero-order valence-electron chi connectivity index (χ0n) is 16.5. The first-order chi connectivity index (χ1) is 14.4. The van der Waals surface area contributed by atoms with Crippen molar-refractivity contribution in [1.29, 1.82) is 0 Å². The number of esters is 1. The lowest BCUT2D eigenvalue weighted by molar-refractivity contribution is -0.150. The highest BCUT2D eigenvalue weighted by Gasteiger charge is 2.41. The Labute approximate surface area is 192 Å². The second kappa shape index (κ2) is 10.1. The van der Waals surface area contributed by atoms with E-state index in [1.54, 1.807) is 13.0 Å². The molecule has 0 saturated carbocycles. The van der Waals surface area contributed by atoms with Crippen molar-refractivity contribution in [2.75, 3.05) is 6.61 Å². The summed E-state index contributed by atoms with van der Waals surface area (Å²) in [4.78, 5) is 37.9. The number of ether oxygens (including phenoxy) is 2. The topological polar surface area (TPSA) is 72.9 Å². The number of imide groups is 1. The van der Waals surface area contributed by atoms with Crippen LogP contribution < -0.4 is 4.74 Å². The third kappa shape index (κ3) is 5.42. The zero-order chi connectivity index (χ0) is 21.7. The average Bonchev–Trinajstić information content (AvgIpc) is 3.01. The molecule has 0 unspecified atom stereocenters. The van der Waals surface area contributed by atoms with Crippen LogP contribution in [-0.4, -0.2) is 34.7 Å². The van der Waals surface area contributed by atoms with Gasteiger partial charge in [-0.3, -0.25) is 14.5 Å². The minimum absolute atomic E-state index is 0.188. The van der Waals surface area contributed by atoms with E-state index in [-0.39, 0.29) is 11.5 Å². The first-order valence-corrected chi connectivity index (χ1v) is 11.2. The Morgan fingerprint density at radius 3 is 2.43 bits per heavy atom. The van der Waals surface area contributed by atoms with Crippen LogP contribution in [-0.2, 0) is 20.9 Å². The van der Waals surface area contributed by atoms with Crippen molar-refractivity contribution in [2.45, 2.75) is 26.5 Å². The molecule has 0 radical (unpaired) electrons. The molecule has 0 bridgehead atoms. The van der Waals surface area contributed by atoms with Gasteiger partial charge in [0.15, 0.2) is 0 Å². The highest BCUT2D eigenvalue weighted by molar-refractivity contribution is 14.1. The van der Waals surface area contributed by atoms with Gasteiger partial charge in [-0.2, -0.15) is 0 Å². The molecule has 2 aromatic carbocycles. The quantitative estimate of drug-likeness (QED) is 0.286. The number of carbonyl (C=O) groups is 3. The number of carbonyl (C=O) groups excluding carboxylic acids is 3. The van der Waals surface area contributed by atoms with Crippen LogP contribution in [0.3, 0.4) is 0 Å². The maximum atomic E-state index is 12.6. The van der Waals surface area contributed by atoms with E-state index in [1.165, 1.54) is 10.5 Å². The van der Waals surface area contributed by atoms with Gasteiger partial charge >= 0.3 is 5.97 Å². The molecule has 2 aromatic rings. The number of amides is 2. The smallest absolute Gasteiger partial charge is 0.329 e. The summed E-state index contributed by atoms with van der Waals surface area (Å²) < 4.78 is 11.9. The molecular formula is C22H20INO5S. The number of hydrogen-bond acceptors (Lipinski definition) is 6. The summed E-state index contributed by atoms with van der Waals surface area (Å²) in [6.07, 6.45) is 1.63. The highest BCUT2D eigenvalue weighted by atomic mass is 127. The van der Waals surface area contributed by atoms with Crippen LogP contribution in [0, 0.1) is 3.57 Å². The molecule has 1 saturated heterocycles. The number of nitrogens with zero attached hydrogens (tertiary/aromatic N) is 1. The van der Waals surface area contributed by atoms with Crippen molar-refractivity contribution in [3.05, 3.63) is 68.1 Å². The van der Waals surface area contributed by atoms with Crippen molar-refractivity contribution in [3.8, 4) is 5.75 Å². The molecule has 0 N–H and O–H groups in total. The van der Waals surface area contributed by atoms with Gasteiger partial charge < -0.3 is 9.47 Å². The van der Waals surface area contributed by atoms with E-state index in [0.29, 0.717) is 12.4 Å². The average molecular weight is 537 g/mol. The predicted octanol–water partition coefficient (Wildman–Crippen LogP) is 4.86. The monoisotopic (exact) mass is 537 g/mol. The number of thioether (sulfide) groups is 1. The van der Waals surface area contributed by atoms with Gasteiger partial charge in [0.2, 0.25) is 0 Å². The Morgan fingerprint density at radius 2 is 1.80 bits per heavy atom. The summed E-state index contributed by atoms with van der Waals surface area (Å²) in [5.74, 6) is -0.394. The van der Waals surface area contributed by atoms with E-state index < -0.39 is 23.2 Å². The van der Waals surface area contributed by atoms with E-state index in [2.05, 4.69) is 22.6 Å². The molecule has 2 amide bonds. The second-order valence-electron chi connectivity index (χ2n) is 6.46. The summed E-state index contributed by atoms with van der Waals surface area (Å²) in [6.45, 7) is 3.80. The maximum Gasteiger partial charge on any atom is 0.329 e. The van der Waals surface area contributed by atoms with E-state index >= 15 is 0 Å². The van der Waals surface area contributed by atoms with E-state index in [9.17, 15) is 14.4 Å². The van der Waals surface area contributed by atoms with Gasteiger partial charge in [0.05, 0.1) is 11.5 Å². The lowest BCUT2D eigenvalue weighted by Crippen LogP contribution is -2.42. The van der Waals surface area contributed by atoms with Gasteiger partial charge in [0.1, 0.15) is 18.4 Å². The lowest BCUT2D eigenvalue weighted by Gasteiger charge is -2.19. The molecule has 0 spiro atoms. The van der Waals surface area contributed by atoms with Gasteiger partial charge in [-0.25, -0.2) is 4.79 Å². The van der Waals surface area contributed by atoms with Crippen LogP contribution in [0.4, 0.5) is 4.79 Å². The fraction of sp³-hybridized carbons (Fsp3) is 0.227. The van der Waals surface area contributed by atoms with Crippen molar-refractivity contribution in [3.63, 3.8) is 0 Å². The molecule has 1 heterocycles. The summed E-state index contributed by atoms with van der Waals surface area (Å²) in [6, 6.07) is 14.4. The Hall–Kier alpha value is -2.33. The van der Waals surface area contributed by atoms with Gasteiger partial charge in [0, 0.05) is 3.57 Å². The zero-order valence-corrected chi connectivity index (χ0v) is 19.4. The van der Waals surface area contributed by atoms with Crippen molar-refractivity contribution in [1.82, 2.24) is 4.90 Å². The molecule has 1 fully saturated rings.